The van der Waals surface area contributed by atoms with Crippen LogP contribution >= 0.6 is 27.3 Å². The first kappa shape index (κ1) is 15.6. The lowest BCUT2D eigenvalue weighted by Gasteiger charge is -2.08. The van der Waals surface area contributed by atoms with Gasteiger partial charge in [0.1, 0.15) is 17.1 Å². The lowest BCUT2D eigenvalue weighted by molar-refractivity contribution is 0.0523. The predicted molar refractivity (Wildman–Crippen MR) is 86.7 cm³/mol. The van der Waals surface area contributed by atoms with E-state index in [0.29, 0.717) is 5.56 Å². The minimum absolute atomic E-state index is 0.0431. The summed E-state index contributed by atoms with van der Waals surface area (Å²) in [7, 11) is 0. The highest BCUT2D eigenvalue weighted by atomic mass is 79.9. The Kier molecular flexibility index (Phi) is 5.03. The zero-order valence-corrected chi connectivity index (χ0v) is 13.6. The quantitative estimate of drug-likeness (QED) is 0.790. The molecule has 1 heterocycles. The van der Waals surface area contributed by atoms with Crippen molar-refractivity contribution in [2.24, 2.45) is 0 Å². The Morgan fingerprint density at radius 1 is 1.33 bits per heavy atom. The van der Waals surface area contributed by atoms with Crippen molar-refractivity contribution >= 4 is 45.4 Å². The van der Waals surface area contributed by atoms with Crippen LogP contribution in [-0.4, -0.2) is 22.8 Å². The van der Waals surface area contributed by atoms with Gasteiger partial charge in [0, 0.05) is 10.9 Å². The van der Waals surface area contributed by atoms with Crippen molar-refractivity contribution in [3.8, 4) is 11.5 Å². The van der Waals surface area contributed by atoms with Crippen LogP contribution in [0, 0.1) is 0 Å². The van der Waals surface area contributed by atoms with Crippen molar-refractivity contribution < 1.29 is 19.7 Å². The number of carbonyl (C=O) groups is 1. The molecule has 0 radical (unpaired) electrons. The number of carbonyl (C=O) groups excluding carboxylic acids is 1. The molecule has 6 heteroatoms. The van der Waals surface area contributed by atoms with Crippen LogP contribution in [0.5, 0.6) is 11.5 Å². The lowest BCUT2D eigenvalue weighted by atomic mass is 10.0. The zero-order valence-electron chi connectivity index (χ0n) is 11.2. The average molecular weight is 369 g/mol. The van der Waals surface area contributed by atoms with E-state index in [4.69, 9.17) is 4.74 Å². The molecule has 1 aromatic heterocycles. The molecule has 0 atom stereocenters. The Hall–Kier alpha value is -1.79. The molecule has 0 spiro atoms. The highest BCUT2D eigenvalue weighted by Crippen LogP contribution is 2.30. The van der Waals surface area contributed by atoms with Gasteiger partial charge in [-0.3, -0.25) is 0 Å². The summed E-state index contributed by atoms with van der Waals surface area (Å²) < 4.78 is 5.92. The van der Waals surface area contributed by atoms with E-state index in [0.717, 1.165) is 14.7 Å². The Labute approximate surface area is 134 Å². The molecule has 0 amide bonds. The van der Waals surface area contributed by atoms with Crippen LogP contribution in [-0.2, 0) is 4.74 Å². The third kappa shape index (κ3) is 3.86. The maximum absolute atomic E-state index is 11.9. The summed E-state index contributed by atoms with van der Waals surface area (Å²) in [6.07, 6.45) is 3.45. The predicted octanol–water partition coefficient (Wildman–Crippen LogP) is 4.27. The third-order valence-corrected chi connectivity index (χ3v) is 4.22. The average Bonchev–Trinajstić information content (AvgIpc) is 2.81. The van der Waals surface area contributed by atoms with E-state index in [9.17, 15) is 15.0 Å². The first-order valence-corrected chi connectivity index (χ1v) is 7.78. The fourth-order valence-electron chi connectivity index (χ4n) is 1.78. The first-order chi connectivity index (χ1) is 10.0. The molecule has 4 nitrogen and oxygen atoms in total. The van der Waals surface area contributed by atoms with Gasteiger partial charge >= 0.3 is 5.97 Å². The molecule has 0 aliphatic heterocycles. The molecule has 0 saturated heterocycles. The van der Waals surface area contributed by atoms with Crippen LogP contribution < -0.4 is 0 Å². The van der Waals surface area contributed by atoms with Gasteiger partial charge in [0.05, 0.1) is 10.4 Å². The lowest BCUT2D eigenvalue weighted by Crippen LogP contribution is -2.07. The summed E-state index contributed by atoms with van der Waals surface area (Å²) in [5.41, 5.74) is 0.442. The molecule has 0 saturated carbocycles. The van der Waals surface area contributed by atoms with E-state index in [1.54, 1.807) is 19.1 Å². The molecule has 0 bridgehead atoms. The minimum atomic E-state index is -0.623. The number of halogens is 1. The fraction of sp³-hybridized carbons (Fsp3) is 0.133. The Bertz CT molecular complexity index is 691. The van der Waals surface area contributed by atoms with Crippen molar-refractivity contribution in [2.75, 3.05) is 6.61 Å². The highest BCUT2D eigenvalue weighted by molar-refractivity contribution is 9.11. The van der Waals surface area contributed by atoms with Crippen LogP contribution in [0.4, 0.5) is 0 Å². The molecule has 0 aliphatic rings. The maximum atomic E-state index is 11.9. The Morgan fingerprint density at radius 3 is 2.71 bits per heavy atom. The molecular weight excluding hydrogens is 356 g/mol. The maximum Gasteiger partial charge on any atom is 0.342 e. The molecule has 2 N–H and O–H groups in total. The van der Waals surface area contributed by atoms with Crippen molar-refractivity contribution in [3.63, 3.8) is 0 Å². The normalized spacial score (nSPS) is 11.0. The van der Waals surface area contributed by atoms with Crippen LogP contribution in [0.3, 0.4) is 0 Å². The van der Waals surface area contributed by atoms with Crippen molar-refractivity contribution in [2.45, 2.75) is 6.92 Å². The standard InChI is InChI=1S/C15H13BrO4S/c1-2-20-15(19)14-9(7-10(17)8-12(14)18)3-4-11-5-6-13(16)21-11/h3-8,17-18H,2H2,1H3. The number of hydrogen-bond donors (Lipinski definition) is 2. The number of phenols is 2. The summed E-state index contributed by atoms with van der Waals surface area (Å²) in [6.45, 7) is 1.90. The molecule has 0 aliphatic carbocycles. The molecule has 0 fully saturated rings. The van der Waals surface area contributed by atoms with Crippen LogP contribution in [0.2, 0.25) is 0 Å². The van der Waals surface area contributed by atoms with Crippen molar-refractivity contribution in [1.29, 1.82) is 0 Å². The van der Waals surface area contributed by atoms with Gasteiger partial charge in [0.25, 0.3) is 0 Å². The molecule has 2 aromatic rings. The number of rotatable bonds is 4. The van der Waals surface area contributed by atoms with E-state index in [1.165, 1.54) is 17.4 Å². The second-order valence-corrected chi connectivity index (χ2v) is 6.62. The molecule has 21 heavy (non-hydrogen) atoms. The molecular formula is C15H13BrO4S. The van der Waals surface area contributed by atoms with Gasteiger partial charge in [0.15, 0.2) is 0 Å². The highest BCUT2D eigenvalue weighted by Gasteiger charge is 2.17. The zero-order chi connectivity index (χ0) is 15.4. The monoisotopic (exact) mass is 368 g/mol. The van der Waals surface area contributed by atoms with Gasteiger partial charge in [-0.25, -0.2) is 4.79 Å². The summed E-state index contributed by atoms with van der Waals surface area (Å²) >= 11 is 4.90. The number of phenolic OH excluding ortho intramolecular Hbond substituents is 2. The number of aromatic hydroxyl groups is 2. The topological polar surface area (TPSA) is 66.8 Å². The smallest absolute Gasteiger partial charge is 0.342 e. The number of benzene rings is 1. The molecule has 2 rings (SSSR count). The van der Waals surface area contributed by atoms with E-state index < -0.39 is 5.97 Å². The van der Waals surface area contributed by atoms with Crippen LogP contribution in [0.1, 0.15) is 27.7 Å². The van der Waals surface area contributed by atoms with E-state index >= 15 is 0 Å². The number of ether oxygens (including phenoxy) is 1. The van der Waals surface area contributed by atoms with Gasteiger partial charge in [-0.2, -0.15) is 0 Å². The summed E-state index contributed by atoms with van der Waals surface area (Å²) in [4.78, 5) is 12.9. The molecule has 0 unspecified atom stereocenters. The summed E-state index contributed by atoms with van der Waals surface area (Å²) in [6, 6.07) is 6.35. The SMILES string of the molecule is CCOC(=O)c1c(O)cc(O)cc1C=Cc1ccc(Br)s1. The van der Waals surface area contributed by atoms with Crippen LogP contribution in [0.25, 0.3) is 12.2 Å². The van der Waals surface area contributed by atoms with Crippen molar-refractivity contribution in [3.05, 3.63) is 44.1 Å². The fourth-order valence-corrected chi connectivity index (χ4v) is 3.11. The van der Waals surface area contributed by atoms with E-state index in [1.807, 2.05) is 12.1 Å². The largest absolute Gasteiger partial charge is 0.508 e. The van der Waals surface area contributed by atoms with Crippen LogP contribution in [0.15, 0.2) is 28.1 Å². The second kappa shape index (κ2) is 6.78. The molecule has 1 aromatic carbocycles. The van der Waals surface area contributed by atoms with E-state index in [2.05, 4.69) is 15.9 Å². The minimum Gasteiger partial charge on any atom is -0.508 e. The number of thiophene rings is 1. The second-order valence-electron chi connectivity index (χ2n) is 4.12. The van der Waals surface area contributed by atoms with Gasteiger partial charge < -0.3 is 14.9 Å². The third-order valence-electron chi connectivity index (χ3n) is 2.63. The van der Waals surface area contributed by atoms with Gasteiger partial charge in [-0.1, -0.05) is 6.08 Å². The van der Waals surface area contributed by atoms with Gasteiger partial charge in [-0.05, 0) is 52.7 Å². The summed E-state index contributed by atoms with van der Waals surface area (Å²) in [5, 5.41) is 19.5. The summed E-state index contributed by atoms with van der Waals surface area (Å²) in [5.74, 6) is -1.05. The van der Waals surface area contributed by atoms with Gasteiger partial charge in [0.2, 0.25) is 0 Å². The molecule has 110 valence electrons. The van der Waals surface area contributed by atoms with Gasteiger partial charge in [-0.15, -0.1) is 11.3 Å². The number of hydrogen-bond acceptors (Lipinski definition) is 5. The number of esters is 1. The van der Waals surface area contributed by atoms with E-state index in [-0.39, 0.29) is 23.7 Å². The Balaban J connectivity index is 2.41. The Morgan fingerprint density at radius 2 is 2.10 bits per heavy atom. The van der Waals surface area contributed by atoms with Crippen molar-refractivity contribution in [1.82, 2.24) is 0 Å². The first-order valence-electron chi connectivity index (χ1n) is 6.17.